The van der Waals surface area contributed by atoms with E-state index in [0.717, 1.165) is 13.1 Å². The zero-order valence-electron chi connectivity index (χ0n) is 12.2. The van der Waals surface area contributed by atoms with Gasteiger partial charge in [0.25, 0.3) is 0 Å². The van der Waals surface area contributed by atoms with Crippen LogP contribution >= 0.6 is 0 Å². The molecule has 0 spiro atoms. The standard InChI is InChI=1S/C16H26N2O/c1-17-11-16-9-5-6-10-18(16)12-14-7-3-4-8-15(14)13-19-2/h3-4,7-8,16-17H,5-6,9-13H2,1-2H3. The number of nitrogens with zero attached hydrogens (tertiary/aromatic N) is 1. The van der Waals surface area contributed by atoms with Crippen LogP contribution in [0.1, 0.15) is 30.4 Å². The molecule has 3 heteroatoms. The quantitative estimate of drug-likeness (QED) is 0.852. The number of benzene rings is 1. The first-order valence-corrected chi connectivity index (χ1v) is 7.29. The number of hydrogen-bond donors (Lipinski definition) is 1. The fraction of sp³-hybridized carbons (Fsp3) is 0.625. The first kappa shape index (κ1) is 14.5. The highest BCUT2D eigenvalue weighted by molar-refractivity contribution is 5.26. The van der Waals surface area contributed by atoms with Crippen molar-refractivity contribution in [1.82, 2.24) is 10.2 Å². The van der Waals surface area contributed by atoms with E-state index in [-0.39, 0.29) is 0 Å². The molecule has 0 radical (unpaired) electrons. The topological polar surface area (TPSA) is 24.5 Å². The van der Waals surface area contributed by atoms with Crippen molar-refractivity contribution in [2.75, 3.05) is 27.2 Å². The lowest BCUT2D eigenvalue weighted by Crippen LogP contribution is -2.44. The van der Waals surface area contributed by atoms with Crippen LogP contribution in [0.15, 0.2) is 24.3 Å². The van der Waals surface area contributed by atoms with Crippen molar-refractivity contribution in [3.8, 4) is 0 Å². The minimum Gasteiger partial charge on any atom is -0.380 e. The molecule has 1 N–H and O–H groups in total. The first-order chi connectivity index (χ1) is 9.35. The Labute approximate surface area is 116 Å². The van der Waals surface area contributed by atoms with Gasteiger partial charge in [0.2, 0.25) is 0 Å². The summed E-state index contributed by atoms with van der Waals surface area (Å²) in [5.74, 6) is 0. The largest absolute Gasteiger partial charge is 0.380 e. The molecule has 1 aromatic carbocycles. The number of piperidine rings is 1. The Morgan fingerprint density at radius 2 is 2.05 bits per heavy atom. The molecule has 106 valence electrons. The van der Waals surface area contributed by atoms with Gasteiger partial charge in [-0.1, -0.05) is 30.7 Å². The second-order valence-corrected chi connectivity index (χ2v) is 5.38. The van der Waals surface area contributed by atoms with Gasteiger partial charge >= 0.3 is 0 Å². The van der Waals surface area contributed by atoms with Gasteiger partial charge in [-0.05, 0) is 37.6 Å². The molecule has 1 heterocycles. The minimum atomic E-state index is 0.675. The van der Waals surface area contributed by atoms with Gasteiger partial charge in [0.05, 0.1) is 6.61 Å². The first-order valence-electron chi connectivity index (χ1n) is 7.29. The van der Waals surface area contributed by atoms with Crippen LogP contribution in [0.5, 0.6) is 0 Å². The Balaban J connectivity index is 2.05. The van der Waals surface area contributed by atoms with Gasteiger partial charge in [-0.3, -0.25) is 4.90 Å². The van der Waals surface area contributed by atoms with Crippen molar-refractivity contribution >= 4 is 0 Å². The Morgan fingerprint density at radius 3 is 2.79 bits per heavy atom. The van der Waals surface area contributed by atoms with Crippen LogP contribution in [0.25, 0.3) is 0 Å². The fourth-order valence-electron chi connectivity index (χ4n) is 2.96. The second-order valence-electron chi connectivity index (χ2n) is 5.38. The molecule has 2 rings (SSSR count). The molecule has 0 bridgehead atoms. The molecule has 1 unspecified atom stereocenters. The Hall–Kier alpha value is -0.900. The smallest absolute Gasteiger partial charge is 0.0716 e. The summed E-state index contributed by atoms with van der Waals surface area (Å²) in [6.45, 7) is 4.06. The summed E-state index contributed by atoms with van der Waals surface area (Å²) in [6, 6.07) is 9.31. The molecule has 1 fully saturated rings. The molecule has 0 amide bonds. The molecule has 1 aliphatic rings. The van der Waals surface area contributed by atoms with E-state index in [0.29, 0.717) is 12.6 Å². The van der Waals surface area contributed by atoms with Crippen LogP contribution in [-0.2, 0) is 17.9 Å². The van der Waals surface area contributed by atoms with Crippen LogP contribution in [0.4, 0.5) is 0 Å². The molecule has 1 aromatic rings. The maximum atomic E-state index is 5.30. The SMILES string of the molecule is CNCC1CCCCN1Cc1ccccc1COC. The zero-order chi connectivity index (χ0) is 13.5. The van der Waals surface area contributed by atoms with Crippen molar-refractivity contribution in [1.29, 1.82) is 0 Å². The number of methoxy groups -OCH3 is 1. The van der Waals surface area contributed by atoms with Gasteiger partial charge < -0.3 is 10.1 Å². The van der Waals surface area contributed by atoms with Crippen LogP contribution in [0.3, 0.4) is 0 Å². The van der Waals surface area contributed by atoms with E-state index in [1.54, 1.807) is 7.11 Å². The van der Waals surface area contributed by atoms with Crippen molar-refractivity contribution in [2.45, 2.75) is 38.5 Å². The minimum absolute atomic E-state index is 0.675. The molecule has 1 atom stereocenters. The maximum absolute atomic E-state index is 5.30. The molecule has 1 aliphatic heterocycles. The van der Waals surface area contributed by atoms with Crippen molar-refractivity contribution in [3.05, 3.63) is 35.4 Å². The number of likely N-dealkylation sites (tertiary alicyclic amines) is 1. The van der Waals surface area contributed by atoms with E-state index < -0.39 is 0 Å². The molecule has 3 nitrogen and oxygen atoms in total. The summed E-state index contributed by atoms with van der Waals surface area (Å²) in [7, 11) is 3.81. The van der Waals surface area contributed by atoms with E-state index in [4.69, 9.17) is 4.74 Å². The van der Waals surface area contributed by atoms with E-state index in [1.807, 2.05) is 7.05 Å². The maximum Gasteiger partial charge on any atom is 0.0716 e. The van der Waals surface area contributed by atoms with Crippen LogP contribution < -0.4 is 5.32 Å². The highest BCUT2D eigenvalue weighted by atomic mass is 16.5. The highest BCUT2D eigenvalue weighted by Gasteiger charge is 2.22. The third-order valence-electron chi connectivity index (χ3n) is 3.98. The number of ether oxygens (including phenoxy) is 1. The summed E-state index contributed by atoms with van der Waals surface area (Å²) in [6.07, 6.45) is 4.00. The Morgan fingerprint density at radius 1 is 1.26 bits per heavy atom. The van der Waals surface area contributed by atoms with Crippen molar-refractivity contribution in [2.24, 2.45) is 0 Å². The van der Waals surface area contributed by atoms with Gasteiger partial charge in [-0.2, -0.15) is 0 Å². The molecular weight excluding hydrogens is 236 g/mol. The predicted octanol–water partition coefficient (Wildman–Crippen LogP) is 2.41. The Kier molecular flexibility index (Phi) is 5.83. The molecular formula is C16H26N2O. The third-order valence-corrected chi connectivity index (χ3v) is 3.98. The molecule has 1 saturated heterocycles. The lowest BCUT2D eigenvalue weighted by Gasteiger charge is -2.36. The van der Waals surface area contributed by atoms with Crippen molar-refractivity contribution in [3.63, 3.8) is 0 Å². The predicted molar refractivity (Wildman–Crippen MR) is 79.1 cm³/mol. The summed E-state index contributed by atoms with van der Waals surface area (Å²) in [5.41, 5.74) is 2.73. The summed E-state index contributed by atoms with van der Waals surface area (Å²) in [5, 5.41) is 3.33. The normalized spacial score (nSPS) is 20.6. The lowest BCUT2D eigenvalue weighted by molar-refractivity contribution is 0.136. The summed E-state index contributed by atoms with van der Waals surface area (Å²) < 4.78 is 5.30. The van der Waals surface area contributed by atoms with E-state index in [1.165, 1.54) is 36.9 Å². The molecule has 0 aliphatic carbocycles. The van der Waals surface area contributed by atoms with Gasteiger partial charge in [0.1, 0.15) is 0 Å². The summed E-state index contributed by atoms with van der Waals surface area (Å²) >= 11 is 0. The van der Waals surface area contributed by atoms with Gasteiger partial charge in [-0.25, -0.2) is 0 Å². The monoisotopic (exact) mass is 262 g/mol. The zero-order valence-corrected chi connectivity index (χ0v) is 12.2. The van der Waals surface area contributed by atoms with Gasteiger partial charge in [-0.15, -0.1) is 0 Å². The number of hydrogen-bond acceptors (Lipinski definition) is 3. The van der Waals surface area contributed by atoms with E-state index in [9.17, 15) is 0 Å². The fourth-order valence-corrected chi connectivity index (χ4v) is 2.96. The average Bonchev–Trinajstić information content (AvgIpc) is 2.44. The molecule has 19 heavy (non-hydrogen) atoms. The van der Waals surface area contributed by atoms with Crippen LogP contribution in [0, 0.1) is 0 Å². The highest BCUT2D eigenvalue weighted by Crippen LogP contribution is 2.21. The number of likely N-dealkylation sites (N-methyl/N-ethyl adjacent to an activating group) is 1. The molecule has 0 saturated carbocycles. The van der Waals surface area contributed by atoms with Crippen LogP contribution in [-0.4, -0.2) is 38.2 Å². The van der Waals surface area contributed by atoms with Gasteiger partial charge in [0, 0.05) is 26.2 Å². The number of nitrogens with one attached hydrogen (secondary N) is 1. The van der Waals surface area contributed by atoms with E-state index >= 15 is 0 Å². The number of rotatable bonds is 6. The Bertz CT molecular complexity index is 379. The third kappa shape index (κ3) is 4.03. The molecule has 0 aromatic heterocycles. The average molecular weight is 262 g/mol. The van der Waals surface area contributed by atoms with Crippen LogP contribution in [0.2, 0.25) is 0 Å². The lowest BCUT2D eigenvalue weighted by atomic mass is 10.00. The van der Waals surface area contributed by atoms with Gasteiger partial charge in [0.15, 0.2) is 0 Å². The second kappa shape index (κ2) is 7.63. The van der Waals surface area contributed by atoms with E-state index in [2.05, 4.69) is 34.5 Å². The van der Waals surface area contributed by atoms with Crippen molar-refractivity contribution < 1.29 is 4.74 Å². The summed E-state index contributed by atoms with van der Waals surface area (Å²) in [4.78, 5) is 2.62.